The molecule has 0 N–H and O–H groups in total. The summed E-state index contributed by atoms with van der Waals surface area (Å²) < 4.78 is 10.9. The lowest BCUT2D eigenvalue weighted by molar-refractivity contribution is -0.149. The Kier molecular flexibility index (Phi) is 4.15. The van der Waals surface area contributed by atoms with E-state index in [-0.39, 0.29) is 5.97 Å². The van der Waals surface area contributed by atoms with Crippen molar-refractivity contribution in [3.63, 3.8) is 0 Å². The number of ether oxygens (including phenoxy) is 2. The van der Waals surface area contributed by atoms with Gasteiger partial charge in [0.25, 0.3) is 0 Å². The van der Waals surface area contributed by atoms with Crippen LogP contribution in [0, 0.1) is 0 Å². The third-order valence-corrected chi connectivity index (χ3v) is 4.14. The fourth-order valence-corrected chi connectivity index (χ4v) is 2.83. The first kappa shape index (κ1) is 15.3. The van der Waals surface area contributed by atoms with Crippen LogP contribution in [0.2, 0.25) is 0 Å². The molecule has 2 aromatic carbocycles. The van der Waals surface area contributed by atoms with Gasteiger partial charge in [-0.1, -0.05) is 48.5 Å². The monoisotopic (exact) mass is 309 g/mol. The van der Waals surface area contributed by atoms with Crippen LogP contribution >= 0.6 is 0 Å². The summed E-state index contributed by atoms with van der Waals surface area (Å²) in [6.45, 7) is 1.86. The zero-order chi connectivity index (χ0) is 16.3. The lowest BCUT2D eigenvalue weighted by atomic mass is 9.87. The Morgan fingerprint density at radius 3 is 2.35 bits per heavy atom. The highest BCUT2D eigenvalue weighted by Crippen LogP contribution is 2.33. The molecule has 1 heterocycles. The van der Waals surface area contributed by atoms with E-state index in [4.69, 9.17) is 9.47 Å². The van der Waals surface area contributed by atoms with Gasteiger partial charge < -0.3 is 9.47 Å². The molecule has 0 radical (unpaired) electrons. The lowest BCUT2D eigenvalue weighted by Gasteiger charge is -2.26. The second-order valence-corrected chi connectivity index (χ2v) is 5.62. The fraction of sp³-hybridized carbons (Fsp3) is 0.263. The Balaban J connectivity index is 2.01. The van der Waals surface area contributed by atoms with Crippen molar-refractivity contribution < 1.29 is 14.3 Å². The molecule has 118 valence electrons. The van der Waals surface area contributed by atoms with E-state index in [1.807, 2.05) is 67.6 Å². The molecule has 23 heavy (non-hydrogen) atoms. The fourth-order valence-electron chi connectivity index (χ4n) is 2.83. The Labute approximate surface area is 135 Å². The van der Waals surface area contributed by atoms with Gasteiger partial charge in [0.1, 0.15) is 6.10 Å². The van der Waals surface area contributed by atoms with Crippen molar-refractivity contribution in [2.75, 3.05) is 7.11 Å². The van der Waals surface area contributed by atoms with E-state index in [1.165, 1.54) is 7.11 Å². The third kappa shape index (κ3) is 2.84. The van der Waals surface area contributed by atoms with Crippen LogP contribution in [0.4, 0.5) is 0 Å². The van der Waals surface area contributed by atoms with E-state index in [9.17, 15) is 4.79 Å². The molecule has 2 unspecified atom stereocenters. The standard InChI is InChI=1S/C19H19NO3/c1-14-19(18(21)22-2,13-15-9-5-3-6-10-15)20-17(23-14)16-11-7-4-8-12-16/h3-12,14H,13H2,1-2H3. The normalized spacial score (nSPS) is 23.0. The molecule has 2 aromatic rings. The van der Waals surface area contributed by atoms with Gasteiger partial charge >= 0.3 is 5.97 Å². The number of hydrogen-bond donors (Lipinski definition) is 0. The van der Waals surface area contributed by atoms with Crippen LogP contribution in [-0.4, -0.2) is 30.6 Å². The van der Waals surface area contributed by atoms with E-state index in [1.54, 1.807) is 0 Å². The minimum absolute atomic E-state index is 0.375. The number of methoxy groups -OCH3 is 1. The van der Waals surface area contributed by atoms with Gasteiger partial charge in [0.2, 0.25) is 11.4 Å². The van der Waals surface area contributed by atoms with Gasteiger partial charge in [-0.05, 0) is 24.6 Å². The van der Waals surface area contributed by atoms with Gasteiger partial charge in [-0.15, -0.1) is 0 Å². The van der Waals surface area contributed by atoms with Crippen LogP contribution in [0.3, 0.4) is 0 Å². The highest BCUT2D eigenvalue weighted by Gasteiger charge is 2.51. The molecular weight excluding hydrogens is 290 g/mol. The van der Waals surface area contributed by atoms with Gasteiger partial charge in [-0.2, -0.15) is 0 Å². The summed E-state index contributed by atoms with van der Waals surface area (Å²) in [5.41, 5.74) is 0.825. The average Bonchev–Trinajstić information content (AvgIpc) is 2.93. The number of benzene rings is 2. The molecule has 4 heteroatoms. The van der Waals surface area contributed by atoms with Crippen molar-refractivity contribution in [2.24, 2.45) is 4.99 Å². The molecular formula is C19H19NO3. The average molecular weight is 309 g/mol. The largest absolute Gasteiger partial charge is 0.471 e. The maximum absolute atomic E-state index is 12.5. The molecule has 1 aliphatic rings. The minimum Gasteiger partial charge on any atom is -0.471 e. The maximum Gasteiger partial charge on any atom is 0.338 e. The molecule has 1 aliphatic heterocycles. The summed E-state index contributed by atoms with van der Waals surface area (Å²) >= 11 is 0. The summed E-state index contributed by atoms with van der Waals surface area (Å²) in [5.74, 6) is 0.110. The van der Waals surface area contributed by atoms with Gasteiger partial charge in [-0.25, -0.2) is 9.79 Å². The number of aliphatic imine (C=N–C) groups is 1. The summed E-state index contributed by atoms with van der Waals surface area (Å²) in [6, 6.07) is 19.4. The number of carbonyl (C=O) groups is 1. The lowest BCUT2D eigenvalue weighted by Crippen LogP contribution is -2.47. The summed E-state index contributed by atoms with van der Waals surface area (Å²) in [4.78, 5) is 17.2. The first-order valence-electron chi connectivity index (χ1n) is 7.60. The quantitative estimate of drug-likeness (QED) is 0.816. The van der Waals surface area contributed by atoms with Crippen molar-refractivity contribution in [2.45, 2.75) is 25.0 Å². The highest BCUT2D eigenvalue weighted by molar-refractivity contribution is 5.99. The van der Waals surface area contributed by atoms with Crippen LogP contribution < -0.4 is 0 Å². The third-order valence-electron chi connectivity index (χ3n) is 4.14. The predicted octanol–water partition coefficient (Wildman–Crippen LogP) is 3.01. The van der Waals surface area contributed by atoms with Gasteiger partial charge in [-0.3, -0.25) is 0 Å². The first-order valence-corrected chi connectivity index (χ1v) is 7.60. The topological polar surface area (TPSA) is 47.9 Å². The van der Waals surface area contributed by atoms with Gasteiger partial charge in [0.15, 0.2) is 0 Å². The van der Waals surface area contributed by atoms with E-state index >= 15 is 0 Å². The van der Waals surface area contributed by atoms with Crippen LogP contribution in [0.15, 0.2) is 65.7 Å². The SMILES string of the molecule is COC(=O)C1(Cc2ccccc2)N=C(c2ccccc2)OC1C. The molecule has 3 rings (SSSR count). The van der Waals surface area contributed by atoms with E-state index in [2.05, 4.69) is 4.99 Å². The van der Waals surface area contributed by atoms with Crippen LogP contribution in [-0.2, 0) is 20.7 Å². The van der Waals surface area contributed by atoms with E-state index in [0.717, 1.165) is 11.1 Å². The Hall–Kier alpha value is -2.62. The van der Waals surface area contributed by atoms with Crippen LogP contribution in [0.25, 0.3) is 0 Å². The first-order chi connectivity index (χ1) is 11.2. The smallest absolute Gasteiger partial charge is 0.338 e. The number of hydrogen-bond acceptors (Lipinski definition) is 4. The number of carbonyl (C=O) groups excluding carboxylic acids is 1. The van der Waals surface area contributed by atoms with Crippen LogP contribution in [0.5, 0.6) is 0 Å². The molecule has 0 bridgehead atoms. The van der Waals surface area contributed by atoms with Gasteiger partial charge in [0.05, 0.1) is 7.11 Å². The zero-order valence-electron chi connectivity index (χ0n) is 13.2. The maximum atomic E-state index is 12.5. The van der Waals surface area contributed by atoms with Crippen molar-refractivity contribution >= 4 is 11.9 Å². The number of esters is 1. The molecule has 0 aliphatic carbocycles. The molecule has 0 saturated carbocycles. The number of rotatable bonds is 4. The summed E-state index contributed by atoms with van der Waals surface area (Å²) in [7, 11) is 1.39. The van der Waals surface area contributed by atoms with Crippen molar-refractivity contribution in [1.29, 1.82) is 0 Å². The summed E-state index contributed by atoms with van der Waals surface area (Å²) in [5, 5.41) is 0. The second-order valence-electron chi connectivity index (χ2n) is 5.62. The van der Waals surface area contributed by atoms with Crippen molar-refractivity contribution in [3.05, 3.63) is 71.8 Å². The summed E-state index contributed by atoms with van der Waals surface area (Å²) in [6.07, 6.45) is 0.0447. The zero-order valence-corrected chi connectivity index (χ0v) is 13.2. The van der Waals surface area contributed by atoms with Crippen molar-refractivity contribution in [3.8, 4) is 0 Å². The van der Waals surface area contributed by atoms with Gasteiger partial charge in [0, 0.05) is 12.0 Å². The molecule has 0 spiro atoms. The molecule has 0 fully saturated rings. The van der Waals surface area contributed by atoms with Crippen molar-refractivity contribution in [1.82, 2.24) is 0 Å². The highest BCUT2D eigenvalue weighted by atomic mass is 16.5. The predicted molar refractivity (Wildman–Crippen MR) is 88.4 cm³/mol. The van der Waals surface area contributed by atoms with Crippen LogP contribution in [0.1, 0.15) is 18.1 Å². The Morgan fingerprint density at radius 1 is 1.13 bits per heavy atom. The Bertz CT molecular complexity index is 712. The molecule has 2 atom stereocenters. The molecule has 0 amide bonds. The number of nitrogens with zero attached hydrogens (tertiary/aromatic N) is 1. The minimum atomic E-state index is -1.05. The van der Waals surface area contributed by atoms with E-state index in [0.29, 0.717) is 12.3 Å². The molecule has 0 saturated heterocycles. The second kappa shape index (κ2) is 6.24. The Morgan fingerprint density at radius 2 is 1.74 bits per heavy atom. The van der Waals surface area contributed by atoms with E-state index < -0.39 is 11.6 Å². The molecule has 0 aromatic heterocycles. The molecule has 4 nitrogen and oxygen atoms in total.